The molecule has 1 atom stereocenters. The number of carbonyl (C=O) groups excluding carboxylic acids is 2. The molecule has 1 amide bonds. The van der Waals surface area contributed by atoms with Crippen molar-refractivity contribution in [3.8, 4) is 0 Å². The maximum absolute atomic E-state index is 13.0. The molecule has 1 heterocycles. The van der Waals surface area contributed by atoms with E-state index < -0.39 is 15.9 Å². The third-order valence-corrected chi connectivity index (χ3v) is 8.19. The SMILES string of the molecule is Cc1ccc(S(=O)(=O)N2CCC[C@H](C(=O)N/N=C3/C(=O)c4cccc5cccc3c45)C2)cc1. The van der Waals surface area contributed by atoms with E-state index in [0.717, 1.165) is 16.3 Å². The van der Waals surface area contributed by atoms with Gasteiger partial charge in [-0.2, -0.15) is 9.41 Å². The Labute approximate surface area is 192 Å². The van der Waals surface area contributed by atoms with Gasteiger partial charge in [-0.25, -0.2) is 13.8 Å². The number of hydrazone groups is 1. The Morgan fingerprint density at radius 2 is 1.73 bits per heavy atom. The van der Waals surface area contributed by atoms with E-state index in [1.54, 1.807) is 30.3 Å². The fraction of sp³-hybridized carbons (Fsp3) is 0.240. The molecule has 0 unspecified atom stereocenters. The molecule has 1 saturated heterocycles. The highest BCUT2D eigenvalue weighted by Gasteiger charge is 2.34. The van der Waals surface area contributed by atoms with Gasteiger partial charge in [-0.1, -0.05) is 54.1 Å². The van der Waals surface area contributed by atoms with Crippen LogP contribution in [0, 0.1) is 12.8 Å². The summed E-state index contributed by atoms with van der Waals surface area (Å²) in [5, 5.41) is 5.96. The molecule has 2 aliphatic rings. The van der Waals surface area contributed by atoms with Crippen LogP contribution >= 0.6 is 0 Å². The summed E-state index contributed by atoms with van der Waals surface area (Å²) in [6.07, 6.45) is 1.13. The summed E-state index contributed by atoms with van der Waals surface area (Å²) < 4.78 is 27.4. The van der Waals surface area contributed by atoms with Gasteiger partial charge in [-0.05, 0) is 37.3 Å². The van der Waals surface area contributed by atoms with Crippen molar-refractivity contribution in [3.05, 3.63) is 77.4 Å². The number of rotatable bonds is 4. The summed E-state index contributed by atoms with van der Waals surface area (Å²) in [6.45, 7) is 2.34. The summed E-state index contributed by atoms with van der Waals surface area (Å²) in [5.74, 6) is -1.16. The fourth-order valence-electron chi connectivity index (χ4n) is 4.52. The molecule has 0 saturated carbocycles. The molecule has 1 N–H and O–H groups in total. The van der Waals surface area contributed by atoms with Crippen LogP contribution in [0.25, 0.3) is 10.8 Å². The van der Waals surface area contributed by atoms with Gasteiger partial charge in [0.1, 0.15) is 5.71 Å². The number of nitrogens with zero attached hydrogens (tertiary/aromatic N) is 2. The van der Waals surface area contributed by atoms with E-state index >= 15 is 0 Å². The van der Waals surface area contributed by atoms with Crippen molar-refractivity contribution in [2.45, 2.75) is 24.7 Å². The van der Waals surface area contributed by atoms with Crippen LogP contribution in [-0.4, -0.2) is 43.2 Å². The quantitative estimate of drug-likeness (QED) is 0.603. The van der Waals surface area contributed by atoms with Gasteiger partial charge in [0, 0.05) is 29.6 Å². The van der Waals surface area contributed by atoms with Crippen LogP contribution < -0.4 is 5.43 Å². The number of aryl methyl sites for hydroxylation is 1. The number of amides is 1. The zero-order valence-corrected chi connectivity index (χ0v) is 18.9. The standard InChI is InChI=1S/C25H23N3O4S/c1-16-10-12-19(13-11-16)33(31,32)28-14-4-7-18(15-28)25(30)27-26-23-20-8-2-5-17-6-3-9-21(22(17)20)24(23)29/h2-3,5-6,8-13,18H,4,7,14-15H2,1H3,(H,27,30)/b26-23+/t18-/m0/s1. The predicted octanol–water partition coefficient (Wildman–Crippen LogP) is 3.27. The Morgan fingerprint density at radius 3 is 2.45 bits per heavy atom. The topological polar surface area (TPSA) is 95.9 Å². The Balaban J connectivity index is 1.34. The average molecular weight is 462 g/mol. The van der Waals surface area contributed by atoms with Crippen molar-refractivity contribution in [2.24, 2.45) is 11.0 Å². The highest BCUT2D eigenvalue weighted by atomic mass is 32.2. The lowest BCUT2D eigenvalue weighted by molar-refractivity contribution is -0.126. The molecule has 33 heavy (non-hydrogen) atoms. The molecule has 7 nitrogen and oxygen atoms in total. The van der Waals surface area contributed by atoms with Gasteiger partial charge in [0.25, 0.3) is 0 Å². The number of ketones is 1. The summed E-state index contributed by atoms with van der Waals surface area (Å²) in [4.78, 5) is 26.0. The van der Waals surface area contributed by atoms with Gasteiger partial charge >= 0.3 is 0 Å². The molecule has 1 fully saturated rings. The van der Waals surface area contributed by atoms with Gasteiger partial charge in [0.2, 0.25) is 21.7 Å². The lowest BCUT2D eigenvalue weighted by Crippen LogP contribution is -2.44. The van der Waals surface area contributed by atoms with Gasteiger partial charge in [0.15, 0.2) is 0 Å². The summed E-state index contributed by atoms with van der Waals surface area (Å²) in [5.41, 5.74) is 4.98. The van der Waals surface area contributed by atoms with Gasteiger partial charge < -0.3 is 0 Å². The third-order valence-electron chi connectivity index (χ3n) is 6.31. The largest absolute Gasteiger partial charge is 0.287 e. The van der Waals surface area contributed by atoms with E-state index in [1.165, 1.54) is 4.31 Å². The first-order valence-corrected chi connectivity index (χ1v) is 12.3. The van der Waals surface area contributed by atoms with Crippen molar-refractivity contribution in [2.75, 3.05) is 13.1 Å². The Bertz CT molecular complexity index is 1410. The van der Waals surface area contributed by atoms with E-state index in [1.807, 2.05) is 37.3 Å². The number of hydrogen-bond donors (Lipinski definition) is 1. The molecule has 5 rings (SSSR count). The van der Waals surface area contributed by atoms with Crippen molar-refractivity contribution in [1.29, 1.82) is 0 Å². The summed E-state index contributed by atoms with van der Waals surface area (Å²) in [6, 6.07) is 17.8. The fourth-order valence-corrected chi connectivity index (χ4v) is 6.05. The number of piperidine rings is 1. The van der Waals surface area contributed by atoms with Crippen molar-refractivity contribution < 1.29 is 18.0 Å². The van der Waals surface area contributed by atoms with E-state index in [-0.39, 0.29) is 28.8 Å². The van der Waals surface area contributed by atoms with Crippen LogP contribution in [0.1, 0.15) is 34.3 Å². The number of sulfonamides is 1. The number of hydrogen-bond acceptors (Lipinski definition) is 5. The van der Waals surface area contributed by atoms with Gasteiger partial charge in [0.05, 0.1) is 10.8 Å². The smallest absolute Gasteiger partial charge is 0.244 e. The Kier molecular flexibility index (Phi) is 5.34. The predicted molar refractivity (Wildman–Crippen MR) is 126 cm³/mol. The molecule has 1 aliphatic heterocycles. The second kappa shape index (κ2) is 8.20. The van der Waals surface area contributed by atoms with Crippen LogP contribution in [-0.2, 0) is 14.8 Å². The molecule has 3 aromatic rings. The first kappa shape index (κ1) is 21.5. The number of Topliss-reactive ketones (excluding diaryl/α,β-unsaturated/α-hetero) is 1. The zero-order chi connectivity index (χ0) is 23.2. The zero-order valence-electron chi connectivity index (χ0n) is 18.1. The molecular formula is C25H23N3O4S. The number of benzene rings is 3. The van der Waals surface area contributed by atoms with E-state index in [0.29, 0.717) is 30.5 Å². The van der Waals surface area contributed by atoms with Crippen LogP contribution in [0.15, 0.2) is 70.7 Å². The molecule has 0 radical (unpaired) electrons. The minimum atomic E-state index is -3.68. The monoisotopic (exact) mass is 461 g/mol. The summed E-state index contributed by atoms with van der Waals surface area (Å²) in [7, 11) is -3.68. The first-order valence-electron chi connectivity index (χ1n) is 10.9. The van der Waals surface area contributed by atoms with E-state index in [4.69, 9.17) is 0 Å². The molecule has 168 valence electrons. The first-order chi connectivity index (χ1) is 15.9. The maximum Gasteiger partial charge on any atom is 0.244 e. The van der Waals surface area contributed by atoms with Gasteiger partial charge in [-0.15, -0.1) is 0 Å². The highest BCUT2D eigenvalue weighted by molar-refractivity contribution is 7.89. The third kappa shape index (κ3) is 3.75. The molecule has 0 aromatic heterocycles. The Hall–Kier alpha value is -3.36. The van der Waals surface area contributed by atoms with Crippen LogP contribution in [0.5, 0.6) is 0 Å². The molecule has 3 aromatic carbocycles. The molecule has 0 bridgehead atoms. The van der Waals surface area contributed by atoms with Crippen molar-refractivity contribution >= 4 is 38.2 Å². The molecular weight excluding hydrogens is 438 g/mol. The minimum Gasteiger partial charge on any atom is -0.287 e. The van der Waals surface area contributed by atoms with E-state index in [9.17, 15) is 18.0 Å². The number of nitrogens with one attached hydrogen (secondary N) is 1. The second-order valence-corrected chi connectivity index (χ2v) is 10.4. The van der Waals surface area contributed by atoms with E-state index in [2.05, 4.69) is 10.5 Å². The maximum atomic E-state index is 13.0. The Morgan fingerprint density at radius 1 is 1.03 bits per heavy atom. The molecule has 1 aliphatic carbocycles. The average Bonchev–Trinajstić information content (AvgIpc) is 3.11. The molecule has 8 heteroatoms. The van der Waals surface area contributed by atoms with Crippen LogP contribution in [0.4, 0.5) is 0 Å². The van der Waals surface area contributed by atoms with Crippen LogP contribution in [0.3, 0.4) is 0 Å². The molecule has 0 spiro atoms. The lowest BCUT2D eigenvalue weighted by atomic mass is 9.99. The lowest BCUT2D eigenvalue weighted by Gasteiger charge is -2.30. The second-order valence-electron chi connectivity index (χ2n) is 8.49. The normalized spacial score (nSPS) is 19.8. The highest BCUT2D eigenvalue weighted by Crippen LogP contribution is 2.31. The van der Waals surface area contributed by atoms with Crippen LogP contribution in [0.2, 0.25) is 0 Å². The summed E-state index contributed by atoms with van der Waals surface area (Å²) >= 11 is 0. The van der Waals surface area contributed by atoms with Gasteiger partial charge in [-0.3, -0.25) is 9.59 Å². The minimum absolute atomic E-state index is 0.0800. The van der Waals surface area contributed by atoms with Crippen molar-refractivity contribution in [3.63, 3.8) is 0 Å². The van der Waals surface area contributed by atoms with Crippen molar-refractivity contribution in [1.82, 2.24) is 9.73 Å². The number of carbonyl (C=O) groups is 2.